The van der Waals surface area contributed by atoms with Crippen LogP contribution in [0, 0.1) is 0 Å². The van der Waals surface area contributed by atoms with Gasteiger partial charge in [-0.3, -0.25) is 4.68 Å². The molecule has 0 aliphatic heterocycles. The number of aromatic nitrogens is 5. The highest BCUT2D eigenvalue weighted by molar-refractivity contribution is 6.32. The maximum Gasteiger partial charge on any atom is 0.164 e. The number of rotatable bonds is 3. The predicted molar refractivity (Wildman–Crippen MR) is 61.2 cm³/mol. The zero-order valence-corrected chi connectivity index (χ0v) is 9.89. The van der Waals surface area contributed by atoms with E-state index in [1.165, 1.54) is 6.33 Å². The fourth-order valence-corrected chi connectivity index (χ4v) is 1.61. The van der Waals surface area contributed by atoms with Crippen molar-refractivity contribution in [1.82, 2.24) is 24.5 Å². The van der Waals surface area contributed by atoms with Gasteiger partial charge in [-0.05, 0) is 13.8 Å². The quantitative estimate of drug-likeness (QED) is 0.879. The first-order valence-corrected chi connectivity index (χ1v) is 5.32. The van der Waals surface area contributed by atoms with Gasteiger partial charge in [-0.1, -0.05) is 11.6 Å². The fourth-order valence-electron chi connectivity index (χ4n) is 1.46. The van der Waals surface area contributed by atoms with E-state index in [9.17, 15) is 0 Å². The lowest BCUT2D eigenvalue weighted by atomic mass is 10.4. The van der Waals surface area contributed by atoms with Crippen LogP contribution in [-0.4, -0.2) is 24.5 Å². The number of nitrogen functional groups attached to an aromatic ring is 1. The zero-order valence-electron chi connectivity index (χ0n) is 9.13. The average molecular weight is 241 g/mol. The molecule has 0 saturated heterocycles. The number of anilines is 1. The third-order valence-corrected chi connectivity index (χ3v) is 2.47. The Kier molecular flexibility index (Phi) is 2.82. The highest BCUT2D eigenvalue weighted by atomic mass is 35.5. The SMILES string of the molecule is CC(C)n1ncnc1Cn1cc(Cl)c(N)n1. The van der Waals surface area contributed by atoms with Crippen LogP contribution >= 0.6 is 11.6 Å². The third-order valence-electron chi connectivity index (χ3n) is 2.18. The summed E-state index contributed by atoms with van der Waals surface area (Å²) in [4.78, 5) is 4.18. The molecule has 0 spiro atoms. The van der Waals surface area contributed by atoms with Crippen molar-refractivity contribution in [2.45, 2.75) is 26.4 Å². The van der Waals surface area contributed by atoms with Gasteiger partial charge in [0.1, 0.15) is 23.7 Å². The lowest BCUT2D eigenvalue weighted by molar-refractivity contribution is 0.488. The number of nitrogens with two attached hydrogens (primary N) is 1. The average Bonchev–Trinajstić information content (AvgIpc) is 2.75. The summed E-state index contributed by atoms with van der Waals surface area (Å²) < 4.78 is 3.49. The summed E-state index contributed by atoms with van der Waals surface area (Å²) in [6.45, 7) is 4.60. The molecule has 0 bridgehead atoms. The summed E-state index contributed by atoms with van der Waals surface area (Å²) in [6.07, 6.45) is 3.21. The van der Waals surface area contributed by atoms with E-state index in [1.807, 2.05) is 18.5 Å². The van der Waals surface area contributed by atoms with Crippen LogP contribution in [0.3, 0.4) is 0 Å². The normalized spacial score (nSPS) is 11.2. The van der Waals surface area contributed by atoms with Gasteiger partial charge in [0.05, 0.1) is 0 Å². The summed E-state index contributed by atoms with van der Waals surface area (Å²) in [6, 6.07) is 0.265. The Morgan fingerprint density at radius 2 is 2.25 bits per heavy atom. The van der Waals surface area contributed by atoms with E-state index >= 15 is 0 Å². The third kappa shape index (κ3) is 2.01. The molecule has 2 heterocycles. The van der Waals surface area contributed by atoms with Crippen LogP contribution in [0.5, 0.6) is 0 Å². The minimum absolute atomic E-state index is 0.265. The molecule has 0 aliphatic rings. The molecule has 2 rings (SSSR count). The zero-order chi connectivity index (χ0) is 11.7. The monoisotopic (exact) mass is 240 g/mol. The number of hydrogen-bond acceptors (Lipinski definition) is 4. The van der Waals surface area contributed by atoms with Gasteiger partial charge in [-0.25, -0.2) is 9.67 Å². The first kappa shape index (κ1) is 10.9. The minimum Gasteiger partial charge on any atom is -0.381 e. The Labute approximate surface area is 98.0 Å². The molecule has 7 heteroatoms. The molecule has 2 N–H and O–H groups in total. The molecule has 86 valence electrons. The summed E-state index contributed by atoms with van der Waals surface area (Å²) >= 11 is 5.82. The van der Waals surface area contributed by atoms with Crippen molar-refractivity contribution in [1.29, 1.82) is 0 Å². The first-order valence-electron chi connectivity index (χ1n) is 4.94. The lowest BCUT2D eigenvalue weighted by Gasteiger charge is -2.08. The second-order valence-electron chi connectivity index (χ2n) is 3.77. The molecule has 0 fully saturated rings. The van der Waals surface area contributed by atoms with Gasteiger partial charge in [0, 0.05) is 12.2 Å². The molecule has 0 atom stereocenters. The van der Waals surface area contributed by atoms with Crippen LogP contribution in [0.25, 0.3) is 0 Å². The van der Waals surface area contributed by atoms with E-state index in [2.05, 4.69) is 15.2 Å². The van der Waals surface area contributed by atoms with E-state index < -0.39 is 0 Å². The van der Waals surface area contributed by atoms with Gasteiger partial charge in [0.2, 0.25) is 0 Å². The maximum atomic E-state index is 5.82. The maximum absolute atomic E-state index is 5.82. The molecule has 0 aliphatic carbocycles. The van der Waals surface area contributed by atoms with E-state index in [0.717, 1.165) is 5.82 Å². The van der Waals surface area contributed by atoms with E-state index in [0.29, 0.717) is 17.4 Å². The Bertz CT molecular complexity index is 466. The van der Waals surface area contributed by atoms with E-state index in [4.69, 9.17) is 17.3 Å². The molecule has 2 aromatic rings. The molecule has 0 unspecified atom stereocenters. The molecule has 0 saturated carbocycles. The first-order chi connectivity index (χ1) is 7.58. The fraction of sp³-hybridized carbons (Fsp3) is 0.444. The van der Waals surface area contributed by atoms with Crippen molar-refractivity contribution >= 4 is 17.4 Å². The summed E-state index contributed by atoms with van der Waals surface area (Å²) in [5, 5.41) is 8.66. The van der Waals surface area contributed by atoms with Gasteiger partial charge in [-0.2, -0.15) is 10.2 Å². The molecule has 2 aromatic heterocycles. The van der Waals surface area contributed by atoms with Crippen LogP contribution in [0.15, 0.2) is 12.5 Å². The number of halogens is 1. The number of nitrogens with zero attached hydrogens (tertiary/aromatic N) is 5. The van der Waals surface area contributed by atoms with Crippen LogP contribution in [0.2, 0.25) is 5.02 Å². The molecular formula is C9H13ClN6. The van der Waals surface area contributed by atoms with Crippen molar-refractivity contribution in [2.24, 2.45) is 0 Å². The largest absolute Gasteiger partial charge is 0.381 e. The second kappa shape index (κ2) is 4.13. The van der Waals surface area contributed by atoms with Crippen molar-refractivity contribution in [3.63, 3.8) is 0 Å². The summed E-state index contributed by atoms with van der Waals surface area (Å²) in [7, 11) is 0. The van der Waals surface area contributed by atoms with Crippen LogP contribution in [0.1, 0.15) is 25.7 Å². The van der Waals surface area contributed by atoms with Crippen molar-refractivity contribution < 1.29 is 0 Å². The minimum atomic E-state index is 0.265. The summed E-state index contributed by atoms with van der Waals surface area (Å²) in [5.41, 5.74) is 5.56. The van der Waals surface area contributed by atoms with Gasteiger partial charge >= 0.3 is 0 Å². The van der Waals surface area contributed by atoms with E-state index in [-0.39, 0.29) is 6.04 Å². The highest BCUT2D eigenvalue weighted by Crippen LogP contribution is 2.16. The molecule has 0 aromatic carbocycles. The number of hydrogen-bond donors (Lipinski definition) is 1. The summed E-state index contributed by atoms with van der Waals surface area (Å²) in [5.74, 6) is 1.16. The van der Waals surface area contributed by atoms with Crippen molar-refractivity contribution in [3.8, 4) is 0 Å². The molecular weight excluding hydrogens is 228 g/mol. The van der Waals surface area contributed by atoms with Gasteiger partial charge in [-0.15, -0.1) is 0 Å². The second-order valence-corrected chi connectivity index (χ2v) is 4.18. The van der Waals surface area contributed by atoms with Crippen LogP contribution < -0.4 is 5.73 Å². The Hall–Kier alpha value is -1.56. The standard InChI is InChI=1S/C9H13ClN6/c1-6(2)16-8(12-5-13-16)4-15-3-7(10)9(11)14-15/h3,5-6H,4H2,1-2H3,(H2,11,14). The van der Waals surface area contributed by atoms with Crippen LogP contribution in [0.4, 0.5) is 5.82 Å². The predicted octanol–water partition coefficient (Wildman–Crippen LogP) is 1.34. The Balaban J connectivity index is 2.23. The van der Waals surface area contributed by atoms with Crippen LogP contribution in [-0.2, 0) is 6.54 Å². The smallest absolute Gasteiger partial charge is 0.164 e. The Morgan fingerprint density at radius 3 is 2.81 bits per heavy atom. The van der Waals surface area contributed by atoms with Crippen molar-refractivity contribution in [3.05, 3.63) is 23.4 Å². The molecule has 0 radical (unpaired) electrons. The van der Waals surface area contributed by atoms with Gasteiger partial charge in [0.15, 0.2) is 5.82 Å². The van der Waals surface area contributed by atoms with Gasteiger partial charge < -0.3 is 5.73 Å². The van der Waals surface area contributed by atoms with Crippen molar-refractivity contribution in [2.75, 3.05) is 5.73 Å². The molecule has 6 nitrogen and oxygen atoms in total. The Morgan fingerprint density at radius 1 is 1.50 bits per heavy atom. The van der Waals surface area contributed by atoms with E-state index in [1.54, 1.807) is 10.9 Å². The topological polar surface area (TPSA) is 74.5 Å². The molecule has 0 amide bonds. The van der Waals surface area contributed by atoms with Gasteiger partial charge in [0.25, 0.3) is 0 Å². The molecule has 16 heavy (non-hydrogen) atoms. The highest BCUT2D eigenvalue weighted by Gasteiger charge is 2.10. The lowest BCUT2D eigenvalue weighted by Crippen LogP contribution is -2.12.